The number of esters is 1. The van der Waals surface area contributed by atoms with E-state index in [1.54, 1.807) is 0 Å². The molecular formula is C10H10O6. The summed E-state index contributed by atoms with van der Waals surface area (Å²) in [6.07, 6.45) is 0. The number of aromatic hydroxyl groups is 1. The highest BCUT2D eigenvalue weighted by Gasteiger charge is 2.15. The summed E-state index contributed by atoms with van der Waals surface area (Å²) >= 11 is 0. The summed E-state index contributed by atoms with van der Waals surface area (Å²) in [6.45, 7) is 2.09. The van der Waals surface area contributed by atoms with Crippen LogP contribution in [0.15, 0.2) is 15.3 Å². The van der Waals surface area contributed by atoms with Crippen molar-refractivity contribution in [1.29, 1.82) is 0 Å². The number of hydrogen-bond donors (Lipinski definition) is 1. The van der Waals surface area contributed by atoms with Gasteiger partial charge >= 0.3 is 5.97 Å². The summed E-state index contributed by atoms with van der Waals surface area (Å²) in [4.78, 5) is 32.7. The van der Waals surface area contributed by atoms with Crippen molar-refractivity contribution in [3.8, 4) is 5.75 Å². The third kappa shape index (κ3) is 2.69. The lowest BCUT2D eigenvalue weighted by Gasteiger charge is -2.04. The molecule has 16 heavy (non-hydrogen) atoms. The van der Waals surface area contributed by atoms with Crippen LogP contribution in [0.1, 0.15) is 30.2 Å². The lowest BCUT2D eigenvalue weighted by molar-refractivity contribution is -0.142. The summed E-state index contributed by atoms with van der Waals surface area (Å²) in [6, 6.07) is 0.963. The highest BCUT2D eigenvalue weighted by Crippen LogP contribution is 2.14. The van der Waals surface area contributed by atoms with Crippen molar-refractivity contribution in [3.05, 3.63) is 27.8 Å². The summed E-state index contributed by atoms with van der Waals surface area (Å²) < 4.78 is 9.52. The molecule has 0 aromatic carbocycles. The second kappa shape index (κ2) is 4.61. The van der Waals surface area contributed by atoms with Crippen molar-refractivity contribution in [3.63, 3.8) is 0 Å². The Morgan fingerprint density at radius 1 is 1.44 bits per heavy atom. The minimum Gasteiger partial charge on any atom is -0.501 e. The van der Waals surface area contributed by atoms with E-state index >= 15 is 0 Å². The van der Waals surface area contributed by atoms with Crippen LogP contribution < -0.4 is 5.43 Å². The van der Waals surface area contributed by atoms with Crippen LogP contribution >= 0.6 is 0 Å². The van der Waals surface area contributed by atoms with E-state index in [2.05, 4.69) is 4.74 Å². The molecule has 86 valence electrons. The number of ether oxygens (including phenoxy) is 1. The zero-order valence-electron chi connectivity index (χ0n) is 8.77. The van der Waals surface area contributed by atoms with Gasteiger partial charge in [0.05, 0.1) is 0 Å². The van der Waals surface area contributed by atoms with Crippen molar-refractivity contribution in [2.45, 2.75) is 20.5 Å². The number of rotatable bonds is 3. The number of ketones is 1. The average molecular weight is 226 g/mol. The van der Waals surface area contributed by atoms with E-state index in [1.807, 2.05) is 0 Å². The van der Waals surface area contributed by atoms with Gasteiger partial charge in [-0.05, 0) is 0 Å². The van der Waals surface area contributed by atoms with Crippen LogP contribution in [0.3, 0.4) is 0 Å². The van der Waals surface area contributed by atoms with E-state index in [1.165, 1.54) is 6.92 Å². The molecule has 1 aromatic heterocycles. The van der Waals surface area contributed by atoms with Crippen LogP contribution in [-0.4, -0.2) is 16.9 Å². The topological polar surface area (TPSA) is 93.8 Å². The summed E-state index contributed by atoms with van der Waals surface area (Å²) in [5.41, 5.74) is -0.751. The Morgan fingerprint density at radius 2 is 2.06 bits per heavy atom. The molecule has 0 aliphatic heterocycles. The molecule has 0 radical (unpaired) electrons. The maximum atomic E-state index is 11.2. The molecule has 1 aromatic rings. The van der Waals surface area contributed by atoms with Gasteiger partial charge in [-0.2, -0.15) is 0 Å². The quantitative estimate of drug-likeness (QED) is 0.599. The van der Waals surface area contributed by atoms with Gasteiger partial charge in [0, 0.05) is 19.9 Å². The summed E-state index contributed by atoms with van der Waals surface area (Å²) in [5.74, 6) is -2.30. The molecule has 0 unspecified atom stereocenters. The molecule has 1 heterocycles. The maximum absolute atomic E-state index is 11.2. The number of hydrogen-bond acceptors (Lipinski definition) is 6. The van der Waals surface area contributed by atoms with Crippen LogP contribution in [-0.2, 0) is 16.1 Å². The summed E-state index contributed by atoms with van der Waals surface area (Å²) in [5, 5.41) is 9.23. The number of Topliss-reactive ketones (excluding diaryl/α,β-unsaturated/α-hetero) is 1. The molecule has 0 atom stereocenters. The fourth-order valence-corrected chi connectivity index (χ4v) is 1.02. The molecule has 0 aliphatic rings. The Labute approximate surface area is 90.5 Å². The standard InChI is InChI=1S/C10H10O6/c1-5(11)10-9(14)8(13)3-7(16-10)4-15-6(2)12/h3,14H,4H2,1-2H3. The highest BCUT2D eigenvalue weighted by molar-refractivity contribution is 5.93. The third-order valence-corrected chi connectivity index (χ3v) is 1.71. The van der Waals surface area contributed by atoms with Crippen molar-refractivity contribution in [2.75, 3.05) is 0 Å². The fraction of sp³-hybridized carbons (Fsp3) is 0.300. The molecule has 0 saturated heterocycles. The van der Waals surface area contributed by atoms with E-state index in [9.17, 15) is 19.5 Å². The van der Waals surface area contributed by atoms with Gasteiger partial charge in [0.15, 0.2) is 5.78 Å². The first-order valence-corrected chi connectivity index (χ1v) is 4.42. The van der Waals surface area contributed by atoms with E-state index in [4.69, 9.17) is 4.42 Å². The summed E-state index contributed by atoms with van der Waals surface area (Å²) in [7, 11) is 0. The molecule has 0 bridgehead atoms. The molecule has 1 rings (SSSR count). The van der Waals surface area contributed by atoms with Crippen LogP contribution in [0.2, 0.25) is 0 Å². The highest BCUT2D eigenvalue weighted by atomic mass is 16.5. The van der Waals surface area contributed by atoms with E-state index in [0.29, 0.717) is 0 Å². The zero-order valence-corrected chi connectivity index (χ0v) is 8.77. The van der Waals surface area contributed by atoms with Gasteiger partial charge in [-0.1, -0.05) is 0 Å². The zero-order chi connectivity index (χ0) is 12.3. The van der Waals surface area contributed by atoms with Crippen LogP contribution in [0.5, 0.6) is 5.75 Å². The molecule has 6 nitrogen and oxygen atoms in total. The van der Waals surface area contributed by atoms with Crippen LogP contribution in [0.4, 0.5) is 0 Å². The first-order valence-electron chi connectivity index (χ1n) is 4.42. The smallest absolute Gasteiger partial charge is 0.303 e. The van der Waals surface area contributed by atoms with E-state index in [0.717, 1.165) is 13.0 Å². The predicted octanol–water partition coefficient (Wildman–Crippen LogP) is 0.611. The largest absolute Gasteiger partial charge is 0.501 e. The van der Waals surface area contributed by atoms with Gasteiger partial charge in [0.2, 0.25) is 16.9 Å². The number of carbonyl (C=O) groups is 2. The molecule has 0 spiro atoms. The Balaban J connectivity index is 3.09. The first kappa shape index (κ1) is 12.0. The minimum atomic E-state index is -0.751. The lowest BCUT2D eigenvalue weighted by atomic mass is 10.2. The third-order valence-electron chi connectivity index (χ3n) is 1.71. The predicted molar refractivity (Wildman–Crippen MR) is 52.1 cm³/mol. The van der Waals surface area contributed by atoms with Gasteiger partial charge in [-0.3, -0.25) is 14.4 Å². The van der Waals surface area contributed by atoms with Crippen molar-refractivity contribution >= 4 is 11.8 Å². The minimum absolute atomic E-state index is 0.00296. The van der Waals surface area contributed by atoms with E-state index < -0.39 is 28.7 Å². The van der Waals surface area contributed by atoms with Gasteiger partial charge in [-0.25, -0.2) is 0 Å². The molecule has 6 heteroatoms. The molecule has 0 saturated carbocycles. The molecule has 0 amide bonds. The Bertz CT molecular complexity index is 485. The van der Waals surface area contributed by atoms with Crippen molar-refractivity contribution in [1.82, 2.24) is 0 Å². The molecule has 1 N–H and O–H groups in total. The second-order valence-electron chi connectivity index (χ2n) is 3.09. The average Bonchev–Trinajstić information content (AvgIpc) is 2.19. The SMILES string of the molecule is CC(=O)OCc1cc(=O)c(O)c(C(C)=O)o1. The van der Waals surface area contributed by atoms with Crippen LogP contribution in [0, 0.1) is 0 Å². The first-order chi connectivity index (χ1) is 7.41. The van der Waals surface area contributed by atoms with Gasteiger partial charge in [0.25, 0.3) is 0 Å². The second-order valence-corrected chi connectivity index (χ2v) is 3.09. The maximum Gasteiger partial charge on any atom is 0.303 e. The molecular weight excluding hydrogens is 216 g/mol. The van der Waals surface area contributed by atoms with Gasteiger partial charge in [0.1, 0.15) is 12.4 Å². The Morgan fingerprint density at radius 3 is 2.56 bits per heavy atom. The Kier molecular flexibility index (Phi) is 3.44. The molecule has 0 aliphatic carbocycles. The van der Waals surface area contributed by atoms with Crippen molar-refractivity contribution in [2.24, 2.45) is 0 Å². The monoisotopic (exact) mass is 226 g/mol. The Hall–Kier alpha value is -2.11. The molecule has 0 fully saturated rings. The normalized spacial score (nSPS) is 9.88. The fourth-order valence-electron chi connectivity index (χ4n) is 1.02. The lowest BCUT2D eigenvalue weighted by Crippen LogP contribution is -2.09. The van der Waals surface area contributed by atoms with Gasteiger partial charge in [-0.15, -0.1) is 0 Å². The van der Waals surface area contributed by atoms with Crippen LogP contribution in [0.25, 0.3) is 0 Å². The van der Waals surface area contributed by atoms with E-state index in [-0.39, 0.29) is 12.4 Å². The van der Waals surface area contributed by atoms with Crippen molar-refractivity contribution < 1.29 is 23.8 Å². The van der Waals surface area contributed by atoms with Gasteiger partial charge < -0.3 is 14.3 Å². The number of carbonyl (C=O) groups excluding carboxylic acids is 2.